The van der Waals surface area contributed by atoms with E-state index in [0.717, 1.165) is 63.7 Å². The maximum Gasteiger partial charge on any atom is 0.150 e. The van der Waals surface area contributed by atoms with Crippen molar-refractivity contribution in [2.75, 3.05) is 63.9 Å². The molecule has 2 aliphatic heterocycles. The van der Waals surface area contributed by atoms with Crippen molar-refractivity contribution in [3.05, 3.63) is 17.3 Å². The summed E-state index contributed by atoms with van der Waals surface area (Å²) in [5.41, 5.74) is 2.29. The topological polar surface area (TPSA) is 55.7 Å². The number of aliphatic hydroxyl groups is 1. The fourth-order valence-corrected chi connectivity index (χ4v) is 5.35. The normalized spacial score (nSPS) is 25.4. The average molecular weight is 376 g/mol. The molecular weight excluding hydrogens is 346 g/mol. The summed E-state index contributed by atoms with van der Waals surface area (Å²) in [6.45, 7) is 13.3. The van der Waals surface area contributed by atoms with E-state index in [2.05, 4.69) is 43.9 Å². The van der Waals surface area contributed by atoms with Gasteiger partial charge >= 0.3 is 0 Å². The van der Waals surface area contributed by atoms with Gasteiger partial charge in [0.25, 0.3) is 0 Å². The number of piperazine rings is 1. The Kier molecular flexibility index (Phi) is 5.40. The average Bonchev–Trinajstić information content (AvgIpc) is 3.26. The van der Waals surface area contributed by atoms with Crippen molar-refractivity contribution in [2.45, 2.75) is 13.8 Å². The third-order valence-corrected chi connectivity index (χ3v) is 7.11. The molecule has 2 unspecified atom stereocenters. The van der Waals surface area contributed by atoms with Gasteiger partial charge in [0.05, 0.1) is 10.2 Å². The van der Waals surface area contributed by atoms with E-state index in [0.29, 0.717) is 11.8 Å². The highest BCUT2D eigenvalue weighted by atomic mass is 32.1. The zero-order valence-electron chi connectivity index (χ0n) is 15.8. The zero-order valence-corrected chi connectivity index (χ0v) is 16.6. The van der Waals surface area contributed by atoms with E-state index in [4.69, 9.17) is 0 Å². The van der Waals surface area contributed by atoms with Crippen LogP contribution < -0.4 is 4.90 Å². The minimum Gasteiger partial charge on any atom is -0.396 e. The molecule has 2 aromatic heterocycles. The minimum absolute atomic E-state index is 0.258. The van der Waals surface area contributed by atoms with Gasteiger partial charge in [-0.05, 0) is 30.3 Å². The number of hydrogen-bond donors (Lipinski definition) is 1. The van der Waals surface area contributed by atoms with Gasteiger partial charge in [0.2, 0.25) is 0 Å². The van der Waals surface area contributed by atoms with E-state index in [1.165, 1.54) is 10.3 Å². The molecule has 2 aliphatic rings. The van der Waals surface area contributed by atoms with Crippen LogP contribution in [0.5, 0.6) is 0 Å². The summed E-state index contributed by atoms with van der Waals surface area (Å²) in [4.78, 5) is 16.5. The molecule has 6 nitrogen and oxygen atoms in total. The number of rotatable bonds is 5. The summed E-state index contributed by atoms with van der Waals surface area (Å²) < 4.78 is 1.18. The molecule has 2 atom stereocenters. The summed E-state index contributed by atoms with van der Waals surface area (Å²) in [5, 5.41) is 12.1. The first kappa shape index (κ1) is 18.1. The molecule has 2 aromatic rings. The first-order valence-electron chi connectivity index (χ1n) is 9.69. The van der Waals surface area contributed by atoms with Gasteiger partial charge in [0.1, 0.15) is 12.1 Å². The molecule has 0 saturated carbocycles. The number of thiophene rings is 1. The van der Waals surface area contributed by atoms with E-state index < -0.39 is 0 Å². The minimum atomic E-state index is 0.258. The van der Waals surface area contributed by atoms with Crippen molar-refractivity contribution < 1.29 is 5.11 Å². The van der Waals surface area contributed by atoms with Crippen molar-refractivity contribution in [3.8, 4) is 0 Å². The van der Waals surface area contributed by atoms with Gasteiger partial charge in [0, 0.05) is 58.3 Å². The lowest BCUT2D eigenvalue weighted by atomic mass is 9.96. The lowest BCUT2D eigenvalue weighted by molar-refractivity contribution is 0.106. The van der Waals surface area contributed by atoms with Crippen LogP contribution >= 0.6 is 11.3 Å². The van der Waals surface area contributed by atoms with Crippen LogP contribution in [0.1, 0.15) is 12.5 Å². The molecule has 7 heteroatoms. The van der Waals surface area contributed by atoms with E-state index in [9.17, 15) is 5.11 Å². The first-order chi connectivity index (χ1) is 12.7. The highest BCUT2D eigenvalue weighted by Crippen LogP contribution is 2.35. The Balaban J connectivity index is 1.47. The number of aliphatic hydroxyl groups excluding tert-OH is 1. The Bertz CT molecular complexity index is 743. The lowest BCUT2D eigenvalue weighted by Gasteiger charge is -2.36. The highest BCUT2D eigenvalue weighted by molar-refractivity contribution is 7.18. The molecule has 0 aromatic carbocycles. The summed E-state index contributed by atoms with van der Waals surface area (Å²) in [6.07, 6.45) is 1.68. The summed E-state index contributed by atoms with van der Waals surface area (Å²) in [5.74, 6) is 1.87. The third-order valence-electron chi connectivity index (χ3n) is 6.03. The molecule has 0 bridgehead atoms. The quantitative estimate of drug-likeness (QED) is 0.858. The molecule has 0 radical (unpaired) electrons. The van der Waals surface area contributed by atoms with Crippen LogP contribution in [0.3, 0.4) is 0 Å². The molecule has 2 fully saturated rings. The van der Waals surface area contributed by atoms with Crippen LogP contribution in [0, 0.1) is 18.8 Å². The first-order valence-corrected chi connectivity index (χ1v) is 10.6. The van der Waals surface area contributed by atoms with Crippen molar-refractivity contribution in [2.24, 2.45) is 11.8 Å². The summed E-state index contributed by atoms with van der Waals surface area (Å²) in [6, 6.07) is 0. The second-order valence-electron chi connectivity index (χ2n) is 7.64. The lowest BCUT2D eigenvalue weighted by Crippen LogP contribution is -2.48. The molecule has 0 spiro atoms. The Morgan fingerprint density at radius 3 is 2.58 bits per heavy atom. The molecule has 142 valence electrons. The standard InChI is InChI=1S/C19H29N5OS/c1-3-22-4-6-23(7-5-22)8-15-9-24(10-16(15)11-25)19-18-17(20-13-21-19)14(2)12-26-18/h12-13,15-16,25H,3-11H2,1-2H3. The van der Waals surface area contributed by atoms with E-state index >= 15 is 0 Å². The molecule has 4 rings (SSSR count). The molecular formula is C19H29N5OS. The van der Waals surface area contributed by atoms with Crippen LogP contribution in [0.2, 0.25) is 0 Å². The predicted octanol–water partition coefficient (Wildman–Crippen LogP) is 1.68. The zero-order chi connectivity index (χ0) is 18.1. The predicted molar refractivity (Wildman–Crippen MR) is 107 cm³/mol. The molecule has 2 saturated heterocycles. The third kappa shape index (κ3) is 3.45. The molecule has 4 heterocycles. The number of anilines is 1. The Morgan fingerprint density at radius 1 is 1.12 bits per heavy atom. The van der Waals surface area contributed by atoms with Crippen molar-refractivity contribution >= 4 is 27.4 Å². The fourth-order valence-electron chi connectivity index (χ4n) is 4.33. The van der Waals surface area contributed by atoms with E-state index in [1.807, 2.05) is 0 Å². The van der Waals surface area contributed by atoms with Gasteiger partial charge in [-0.2, -0.15) is 0 Å². The fraction of sp³-hybridized carbons (Fsp3) is 0.684. The molecule has 0 aliphatic carbocycles. The highest BCUT2D eigenvalue weighted by Gasteiger charge is 2.35. The van der Waals surface area contributed by atoms with Gasteiger partial charge in [-0.3, -0.25) is 0 Å². The smallest absolute Gasteiger partial charge is 0.150 e. The van der Waals surface area contributed by atoms with Crippen LogP contribution in [-0.4, -0.2) is 83.8 Å². The maximum absolute atomic E-state index is 9.94. The van der Waals surface area contributed by atoms with Crippen LogP contribution in [-0.2, 0) is 0 Å². The monoisotopic (exact) mass is 375 g/mol. The Labute approximate surface area is 159 Å². The summed E-state index contributed by atoms with van der Waals surface area (Å²) >= 11 is 1.73. The van der Waals surface area contributed by atoms with E-state index in [-0.39, 0.29) is 6.61 Å². The maximum atomic E-state index is 9.94. The second kappa shape index (κ2) is 7.76. The van der Waals surface area contributed by atoms with Gasteiger partial charge in [-0.1, -0.05) is 6.92 Å². The number of aromatic nitrogens is 2. The van der Waals surface area contributed by atoms with Crippen molar-refractivity contribution in [1.82, 2.24) is 19.8 Å². The Hall–Kier alpha value is -1.28. The number of likely N-dealkylation sites (N-methyl/N-ethyl adjacent to an activating group) is 1. The summed E-state index contributed by atoms with van der Waals surface area (Å²) in [7, 11) is 0. The van der Waals surface area contributed by atoms with Crippen molar-refractivity contribution in [3.63, 3.8) is 0 Å². The number of hydrogen-bond acceptors (Lipinski definition) is 7. The Morgan fingerprint density at radius 2 is 1.85 bits per heavy atom. The second-order valence-corrected chi connectivity index (χ2v) is 8.52. The van der Waals surface area contributed by atoms with Gasteiger partial charge in [0.15, 0.2) is 0 Å². The largest absolute Gasteiger partial charge is 0.396 e. The van der Waals surface area contributed by atoms with Crippen molar-refractivity contribution in [1.29, 1.82) is 0 Å². The number of aryl methyl sites for hydroxylation is 1. The molecule has 0 amide bonds. The number of nitrogens with zero attached hydrogens (tertiary/aromatic N) is 5. The van der Waals surface area contributed by atoms with Crippen LogP contribution in [0.4, 0.5) is 5.82 Å². The molecule has 26 heavy (non-hydrogen) atoms. The van der Waals surface area contributed by atoms with Gasteiger partial charge in [-0.25, -0.2) is 9.97 Å². The van der Waals surface area contributed by atoms with E-state index in [1.54, 1.807) is 17.7 Å². The van der Waals surface area contributed by atoms with Gasteiger partial charge in [-0.15, -0.1) is 11.3 Å². The number of fused-ring (bicyclic) bond motifs is 1. The molecule has 1 N–H and O–H groups in total. The SMILES string of the molecule is CCN1CCN(CC2CN(c3ncnc4c(C)csc34)CC2CO)CC1. The van der Waals surface area contributed by atoms with Crippen LogP contribution in [0.15, 0.2) is 11.7 Å². The van der Waals surface area contributed by atoms with Crippen LogP contribution in [0.25, 0.3) is 10.2 Å². The van der Waals surface area contributed by atoms with Gasteiger partial charge < -0.3 is 19.8 Å².